The molecule has 1 amide bonds. The number of nitrogens with zero attached hydrogens (tertiary/aromatic N) is 1. The summed E-state index contributed by atoms with van der Waals surface area (Å²) in [6.07, 6.45) is 3.65. The van der Waals surface area contributed by atoms with Crippen LogP contribution in [-0.4, -0.2) is 30.5 Å². The van der Waals surface area contributed by atoms with Crippen molar-refractivity contribution in [2.24, 2.45) is 11.8 Å². The molecule has 0 bridgehead atoms. The van der Waals surface area contributed by atoms with Crippen molar-refractivity contribution < 1.29 is 9.53 Å². The highest BCUT2D eigenvalue weighted by Crippen LogP contribution is 2.20. The van der Waals surface area contributed by atoms with Gasteiger partial charge < -0.3 is 4.74 Å². The summed E-state index contributed by atoms with van der Waals surface area (Å²) in [5, 5.41) is 0. The molecule has 1 aliphatic rings. The van der Waals surface area contributed by atoms with E-state index in [1.165, 1.54) is 5.56 Å². The van der Waals surface area contributed by atoms with E-state index in [9.17, 15) is 4.79 Å². The average Bonchev–Trinajstić information content (AvgIpc) is 2.53. The zero-order valence-corrected chi connectivity index (χ0v) is 12.3. The highest BCUT2D eigenvalue weighted by atomic mass is 16.5. The van der Waals surface area contributed by atoms with Crippen LogP contribution in [0.2, 0.25) is 0 Å². The lowest BCUT2D eigenvalue weighted by molar-refractivity contribution is -0.126. The van der Waals surface area contributed by atoms with Gasteiger partial charge in [0, 0.05) is 13.1 Å². The van der Waals surface area contributed by atoms with Crippen LogP contribution < -0.4 is 16.0 Å². The van der Waals surface area contributed by atoms with Gasteiger partial charge in [-0.2, -0.15) is 0 Å². The maximum atomic E-state index is 11.6. The fourth-order valence-electron chi connectivity index (χ4n) is 2.68. The Morgan fingerprint density at radius 2 is 2.43 bits per heavy atom. The first kappa shape index (κ1) is 15.5. The van der Waals surface area contributed by atoms with Gasteiger partial charge in [-0.15, -0.1) is 0 Å². The highest BCUT2D eigenvalue weighted by molar-refractivity contribution is 5.78. The second-order valence-electron chi connectivity index (χ2n) is 5.33. The summed E-state index contributed by atoms with van der Waals surface area (Å²) >= 11 is 0. The van der Waals surface area contributed by atoms with Crippen LogP contribution in [0.1, 0.15) is 18.4 Å². The Labute approximate surface area is 125 Å². The first-order valence-electron chi connectivity index (χ1n) is 7.28. The first-order chi connectivity index (χ1) is 10.2. The predicted molar refractivity (Wildman–Crippen MR) is 82.5 cm³/mol. The number of piperidine rings is 1. The Hall–Kier alpha value is -1.85. The number of benzene rings is 1. The standard InChI is InChI=1S/C16H23N3O2/c1-2-9-21-15-7-3-5-13(10-15)11-19-8-4-6-14(12-19)16(20)18-17/h2-3,5,7,10,14H,1,4,6,8-9,11-12,17H2,(H,18,20). The summed E-state index contributed by atoms with van der Waals surface area (Å²) < 4.78 is 5.54. The number of carbonyl (C=O) groups excluding carboxylic acids is 1. The van der Waals surface area contributed by atoms with Gasteiger partial charge in [-0.25, -0.2) is 5.84 Å². The molecule has 3 N–H and O–H groups in total. The van der Waals surface area contributed by atoms with E-state index in [-0.39, 0.29) is 11.8 Å². The molecule has 5 nitrogen and oxygen atoms in total. The fourth-order valence-corrected chi connectivity index (χ4v) is 2.68. The van der Waals surface area contributed by atoms with E-state index in [2.05, 4.69) is 23.0 Å². The number of hydrogen-bond donors (Lipinski definition) is 2. The van der Waals surface area contributed by atoms with Gasteiger partial charge in [-0.3, -0.25) is 15.1 Å². The molecule has 0 aliphatic carbocycles. The third-order valence-corrected chi connectivity index (χ3v) is 3.69. The summed E-state index contributed by atoms with van der Waals surface area (Å²) in [6, 6.07) is 8.04. The normalized spacial score (nSPS) is 19.0. The molecule has 1 aromatic rings. The zero-order valence-electron chi connectivity index (χ0n) is 12.3. The van der Waals surface area contributed by atoms with E-state index in [4.69, 9.17) is 10.6 Å². The number of nitrogens with two attached hydrogens (primary N) is 1. The van der Waals surface area contributed by atoms with Gasteiger partial charge in [-0.1, -0.05) is 24.8 Å². The van der Waals surface area contributed by atoms with Crippen molar-refractivity contribution in [2.45, 2.75) is 19.4 Å². The molecule has 1 fully saturated rings. The van der Waals surface area contributed by atoms with Gasteiger partial charge in [0.2, 0.25) is 5.91 Å². The predicted octanol–water partition coefficient (Wildman–Crippen LogP) is 1.45. The van der Waals surface area contributed by atoms with Crippen LogP contribution in [0.5, 0.6) is 5.75 Å². The molecule has 1 heterocycles. The maximum Gasteiger partial charge on any atom is 0.238 e. The molecule has 0 radical (unpaired) electrons. The smallest absolute Gasteiger partial charge is 0.238 e. The average molecular weight is 289 g/mol. The maximum absolute atomic E-state index is 11.6. The lowest BCUT2D eigenvalue weighted by Crippen LogP contribution is -2.44. The van der Waals surface area contributed by atoms with Crippen molar-refractivity contribution in [3.8, 4) is 5.75 Å². The van der Waals surface area contributed by atoms with Crippen LogP contribution >= 0.6 is 0 Å². The van der Waals surface area contributed by atoms with Gasteiger partial charge in [0.15, 0.2) is 0 Å². The summed E-state index contributed by atoms with van der Waals surface area (Å²) in [5.41, 5.74) is 3.44. The van der Waals surface area contributed by atoms with Crippen LogP contribution in [-0.2, 0) is 11.3 Å². The zero-order chi connectivity index (χ0) is 15.1. The Kier molecular flexibility index (Phi) is 5.78. The minimum Gasteiger partial charge on any atom is -0.490 e. The fraction of sp³-hybridized carbons (Fsp3) is 0.438. The number of rotatable bonds is 6. The van der Waals surface area contributed by atoms with E-state index in [1.54, 1.807) is 6.08 Å². The van der Waals surface area contributed by atoms with E-state index in [0.717, 1.165) is 38.2 Å². The molecule has 0 spiro atoms. The van der Waals surface area contributed by atoms with Gasteiger partial charge in [-0.05, 0) is 37.1 Å². The number of likely N-dealkylation sites (tertiary alicyclic amines) is 1. The molecule has 1 aliphatic heterocycles. The molecule has 1 atom stereocenters. The number of ether oxygens (including phenoxy) is 1. The lowest BCUT2D eigenvalue weighted by Gasteiger charge is -2.31. The van der Waals surface area contributed by atoms with E-state index >= 15 is 0 Å². The van der Waals surface area contributed by atoms with Crippen LogP contribution in [0.15, 0.2) is 36.9 Å². The second-order valence-corrected chi connectivity index (χ2v) is 5.33. The summed E-state index contributed by atoms with van der Waals surface area (Å²) in [4.78, 5) is 13.9. The van der Waals surface area contributed by atoms with Crippen molar-refractivity contribution in [3.63, 3.8) is 0 Å². The van der Waals surface area contributed by atoms with Crippen molar-refractivity contribution >= 4 is 5.91 Å². The summed E-state index contributed by atoms with van der Waals surface area (Å²) in [6.45, 7) is 6.73. The van der Waals surface area contributed by atoms with Gasteiger partial charge in [0.05, 0.1) is 5.92 Å². The molecule has 1 unspecified atom stereocenters. The SMILES string of the molecule is C=CCOc1cccc(CN2CCCC(C(=O)NN)C2)c1. The molecule has 21 heavy (non-hydrogen) atoms. The van der Waals surface area contributed by atoms with Gasteiger partial charge >= 0.3 is 0 Å². The van der Waals surface area contributed by atoms with Crippen LogP contribution in [0.3, 0.4) is 0 Å². The van der Waals surface area contributed by atoms with E-state index in [0.29, 0.717) is 6.61 Å². The Morgan fingerprint density at radius 3 is 3.19 bits per heavy atom. The van der Waals surface area contributed by atoms with Crippen LogP contribution in [0, 0.1) is 5.92 Å². The van der Waals surface area contributed by atoms with Crippen molar-refractivity contribution in [1.82, 2.24) is 10.3 Å². The third kappa shape index (κ3) is 4.58. The molecule has 114 valence electrons. The Morgan fingerprint density at radius 1 is 1.57 bits per heavy atom. The third-order valence-electron chi connectivity index (χ3n) is 3.69. The number of carbonyl (C=O) groups is 1. The molecule has 2 rings (SSSR count). The molecule has 0 aromatic heterocycles. The lowest BCUT2D eigenvalue weighted by atomic mass is 9.97. The number of hydrazine groups is 1. The molecule has 1 aromatic carbocycles. The number of hydrogen-bond acceptors (Lipinski definition) is 4. The van der Waals surface area contributed by atoms with Crippen molar-refractivity contribution in [1.29, 1.82) is 0 Å². The molecule has 1 saturated heterocycles. The Balaban J connectivity index is 1.94. The molecule has 5 heteroatoms. The monoisotopic (exact) mass is 289 g/mol. The van der Waals surface area contributed by atoms with E-state index < -0.39 is 0 Å². The molecule has 0 saturated carbocycles. The number of amides is 1. The largest absolute Gasteiger partial charge is 0.490 e. The first-order valence-corrected chi connectivity index (χ1v) is 7.28. The second kappa shape index (κ2) is 7.81. The van der Waals surface area contributed by atoms with Crippen molar-refractivity contribution in [3.05, 3.63) is 42.5 Å². The quantitative estimate of drug-likeness (QED) is 0.360. The van der Waals surface area contributed by atoms with Crippen LogP contribution in [0.25, 0.3) is 0 Å². The van der Waals surface area contributed by atoms with Gasteiger partial charge in [0.25, 0.3) is 0 Å². The highest BCUT2D eigenvalue weighted by Gasteiger charge is 2.25. The van der Waals surface area contributed by atoms with E-state index in [1.807, 2.05) is 18.2 Å². The minimum absolute atomic E-state index is 0.0102. The van der Waals surface area contributed by atoms with Crippen molar-refractivity contribution in [2.75, 3.05) is 19.7 Å². The summed E-state index contributed by atoms with van der Waals surface area (Å²) in [7, 11) is 0. The summed E-state index contributed by atoms with van der Waals surface area (Å²) in [5.74, 6) is 6.00. The topological polar surface area (TPSA) is 67.6 Å². The minimum atomic E-state index is -0.0669. The molecular formula is C16H23N3O2. The van der Waals surface area contributed by atoms with Gasteiger partial charge in [0.1, 0.15) is 12.4 Å². The van der Waals surface area contributed by atoms with Crippen LogP contribution in [0.4, 0.5) is 0 Å². The molecular weight excluding hydrogens is 266 g/mol. The Bertz CT molecular complexity index is 490. The number of nitrogens with one attached hydrogen (secondary N) is 1.